The highest BCUT2D eigenvalue weighted by Crippen LogP contribution is 2.26. The summed E-state index contributed by atoms with van der Waals surface area (Å²) in [5, 5.41) is 3.68. The quantitative estimate of drug-likeness (QED) is 0.832. The van der Waals surface area contributed by atoms with Crippen molar-refractivity contribution in [3.8, 4) is 0 Å². The SMILES string of the molecule is CCC1OCCC1CN1CC(C(C)C)NCC1C. The molecule has 2 rings (SSSR count). The summed E-state index contributed by atoms with van der Waals surface area (Å²) in [6.45, 7) is 13.8. The second kappa shape index (κ2) is 6.36. The van der Waals surface area contributed by atoms with Crippen LogP contribution >= 0.6 is 0 Å². The lowest BCUT2D eigenvalue weighted by atomic mass is 9.95. The monoisotopic (exact) mass is 254 g/mol. The van der Waals surface area contributed by atoms with Crippen molar-refractivity contribution in [2.45, 2.75) is 58.7 Å². The Morgan fingerprint density at radius 1 is 1.39 bits per heavy atom. The van der Waals surface area contributed by atoms with Crippen molar-refractivity contribution >= 4 is 0 Å². The van der Waals surface area contributed by atoms with Gasteiger partial charge in [-0.05, 0) is 31.6 Å². The van der Waals surface area contributed by atoms with Gasteiger partial charge in [0.05, 0.1) is 6.10 Å². The van der Waals surface area contributed by atoms with E-state index in [1.54, 1.807) is 0 Å². The number of piperazine rings is 1. The van der Waals surface area contributed by atoms with Crippen LogP contribution in [0.15, 0.2) is 0 Å². The molecule has 4 unspecified atom stereocenters. The maximum atomic E-state index is 5.82. The molecule has 0 aliphatic carbocycles. The standard InChI is InChI=1S/C15H30N2O/c1-5-15-13(6-7-18-15)9-17-10-14(11(2)3)16-8-12(17)4/h11-16H,5-10H2,1-4H3. The molecule has 2 heterocycles. The van der Waals surface area contributed by atoms with Gasteiger partial charge in [0.25, 0.3) is 0 Å². The molecule has 3 nitrogen and oxygen atoms in total. The molecule has 0 amide bonds. The Morgan fingerprint density at radius 3 is 2.83 bits per heavy atom. The third-order valence-electron chi connectivity index (χ3n) is 4.75. The van der Waals surface area contributed by atoms with Crippen molar-refractivity contribution in [3.63, 3.8) is 0 Å². The first-order chi connectivity index (χ1) is 8.61. The van der Waals surface area contributed by atoms with Crippen LogP contribution in [0.1, 0.15) is 40.5 Å². The second-order valence-electron chi connectivity index (χ2n) is 6.43. The molecule has 0 saturated carbocycles. The minimum Gasteiger partial charge on any atom is -0.378 e. The Kier molecular flexibility index (Phi) is 5.05. The summed E-state index contributed by atoms with van der Waals surface area (Å²) >= 11 is 0. The molecule has 2 saturated heterocycles. The Morgan fingerprint density at radius 2 is 2.17 bits per heavy atom. The van der Waals surface area contributed by atoms with Gasteiger partial charge in [-0.25, -0.2) is 0 Å². The van der Waals surface area contributed by atoms with Crippen molar-refractivity contribution in [1.82, 2.24) is 10.2 Å². The van der Waals surface area contributed by atoms with Crippen LogP contribution in [0.2, 0.25) is 0 Å². The number of nitrogens with zero attached hydrogens (tertiary/aromatic N) is 1. The van der Waals surface area contributed by atoms with Gasteiger partial charge >= 0.3 is 0 Å². The average molecular weight is 254 g/mol. The Hall–Kier alpha value is -0.120. The third-order valence-corrected chi connectivity index (χ3v) is 4.75. The van der Waals surface area contributed by atoms with Gasteiger partial charge in [-0.2, -0.15) is 0 Å². The number of nitrogens with one attached hydrogen (secondary N) is 1. The van der Waals surface area contributed by atoms with Crippen LogP contribution in [-0.2, 0) is 4.74 Å². The van der Waals surface area contributed by atoms with E-state index >= 15 is 0 Å². The number of hydrogen-bond acceptors (Lipinski definition) is 3. The van der Waals surface area contributed by atoms with Gasteiger partial charge < -0.3 is 10.1 Å². The van der Waals surface area contributed by atoms with Gasteiger partial charge in [-0.3, -0.25) is 4.90 Å². The minimum atomic E-state index is 0.504. The van der Waals surface area contributed by atoms with E-state index in [1.165, 1.54) is 25.9 Å². The Balaban J connectivity index is 1.90. The van der Waals surface area contributed by atoms with Crippen LogP contribution in [0.3, 0.4) is 0 Å². The number of hydrogen-bond donors (Lipinski definition) is 1. The molecule has 18 heavy (non-hydrogen) atoms. The molecule has 2 aliphatic rings. The zero-order valence-electron chi connectivity index (χ0n) is 12.5. The van der Waals surface area contributed by atoms with Crippen LogP contribution in [-0.4, -0.2) is 49.3 Å². The molecule has 0 aromatic heterocycles. The molecule has 106 valence electrons. The molecule has 4 atom stereocenters. The molecule has 2 fully saturated rings. The summed E-state index contributed by atoms with van der Waals surface area (Å²) in [4.78, 5) is 2.68. The lowest BCUT2D eigenvalue weighted by molar-refractivity contribution is 0.0550. The highest BCUT2D eigenvalue weighted by atomic mass is 16.5. The van der Waals surface area contributed by atoms with Crippen molar-refractivity contribution in [3.05, 3.63) is 0 Å². The van der Waals surface area contributed by atoms with E-state index in [-0.39, 0.29) is 0 Å². The molecule has 0 radical (unpaired) electrons. The van der Waals surface area contributed by atoms with Crippen molar-refractivity contribution < 1.29 is 4.74 Å². The van der Waals surface area contributed by atoms with E-state index in [0.717, 1.165) is 25.0 Å². The minimum absolute atomic E-state index is 0.504. The fourth-order valence-corrected chi connectivity index (χ4v) is 3.30. The molecular formula is C15H30N2O. The Bertz CT molecular complexity index is 257. The van der Waals surface area contributed by atoms with Crippen molar-refractivity contribution in [2.75, 3.05) is 26.2 Å². The van der Waals surface area contributed by atoms with Crippen LogP contribution in [0.5, 0.6) is 0 Å². The van der Waals surface area contributed by atoms with Gasteiger partial charge in [0.15, 0.2) is 0 Å². The van der Waals surface area contributed by atoms with Crippen LogP contribution in [0.4, 0.5) is 0 Å². The Labute approximate surface area is 112 Å². The first-order valence-corrected chi connectivity index (χ1v) is 7.70. The summed E-state index contributed by atoms with van der Waals surface area (Å²) in [6, 6.07) is 1.32. The smallest absolute Gasteiger partial charge is 0.0613 e. The molecule has 0 bridgehead atoms. The van der Waals surface area contributed by atoms with Crippen molar-refractivity contribution in [2.24, 2.45) is 11.8 Å². The lowest BCUT2D eigenvalue weighted by Crippen LogP contribution is -2.58. The van der Waals surface area contributed by atoms with E-state index in [1.807, 2.05) is 0 Å². The summed E-state index contributed by atoms with van der Waals surface area (Å²) in [5.41, 5.74) is 0. The predicted molar refractivity (Wildman–Crippen MR) is 75.8 cm³/mol. The fraction of sp³-hybridized carbons (Fsp3) is 1.00. The fourth-order valence-electron chi connectivity index (χ4n) is 3.30. The molecule has 2 aliphatic heterocycles. The van der Waals surface area contributed by atoms with Crippen LogP contribution in [0.25, 0.3) is 0 Å². The molecule has 0 aromatic rings. The van der Waals surface area contributed by atoms with E-state index in [2.05, 4.69) is 37.9 Å². The maximum Gasteiger partial charge on any atom is 0.0613 e. The van der Waals surface area contributed by atoms with Crippen molar-refractivity contribution in [1.29, 1.82) is 0 Å². The molecule has 3 heteroatoms. The van der Waals surface area contributed by atoms with Gasteiger partial charge in [-0.15, -0.1) is 0 Å². The molecule has 1 N–H and O–H groups in total. The van der Waals surface area contributed by atoms with Gasteiger partial charge in [0, 0.05) is 38.3 Å². The predicted octanol–water partition coefficient (Wildman–Crippen LogP) is 2.12. The number of ether oxygens (including phenoxy) is 1. The van der Waals surface area contributed by atoms with Crippen LogP contribution in [0, 0.1) is 11.8 Å². The summed E-state index contributed by atoms with van der Waals surface area (Å²) < 4.78 is 5.82. The normalized spacial score (nSPS) is 38.5. The van der Waals surface area contributed by atoms with Crippen LogP contribution < -0.4 is 5.32 Å². The lowest BCUT2D eigenvalue weighted by Gasteiger charge is -2.42. The van der Waals surface area contributed by atoms with Gasteiger partial charge in [0.2, 0.25) is 0 Å². The van der Waals surface area contributed by atoms with E-state index in [9.17, 15) is 0 Å². The third kappa shape index (κ3) is 3.25. The highest BCUT2D eigenvalue weighted by molar-refractivity contribution is 4.88. The zero-order valence-corrected chi connectivity index (χ0v) is 12.5. The maximum absolute atomic E-state index is 5.82. The second-order valence-corrected chi connectivity index (χ2v) is 6.43. The first kappa shape index (κ1) is 14.3. The van der Waals surface area contributed by atoms with E-state index in [4.69, 9.17) is 4.74 Å². The van der Waals surface area contributed by atoms with E-state index < -0.39 is 0 Å². The number of rotatable bonds is 4. The topological polar surface area (TPSA) is 24.5 Å². The molecule has 0 spiro atoms. The van der Waals surface area contributed by atoms with E-state index in [0.29, 0.717) is 18.2 Å². The molecular weight excluding hydrogens is 224 g/mol. The van der Waals surface area contributed by atoms with Gasteiger partial charge in [0.1, 0.15) is 0 Å². The summed E-state index contributed by atoms with van der Waals surface area (Å²) in [7, 11) is 0. The first-order valence-electron chi connectivity index (χ1n) is 7.70. The highest BCUT2D eigenvalue weighted by Gasteiger charge is 2.33. The summed E-state index contributed by atoms with van der Waals surface area (Å²) in [6.07, 6.45) is 2.92. The molecule has 0 aromatic carbocycles. The zero-order chi connectivity index (χ0) is 13.1. The van der Waals surface area contributed by atoms with Gasteiger partial charge in [-0.1, -0.05) is 20.8 Å². The average Bonchev–Trinajstić information content (AvgIpc) is 2.79. The summed E-state index contributed by atoms with van der Waals surface area (Å²) in [5.74, 6) is 1.48. The largest absolute Gasteiger partial charge is 0.378 e.